The topological polar surface area (TPSA) is 72.9 Å². The maximum atomic E-state index is 13.0. The Labute approximate surface area is 185 Å². The molecule has 1 saturated heterocycles. The lowest BCUT2D eigenvalue weighted by Crippen LogP contribution is -2.40. The van der Waals surface area contributed by atoms with Crippen LogP contribution >= 0.6 is 11.3 Å². The molecular weight excluding hydrogens is 414 g/mol. The fourth-order valence-corrected chi connectivity index (χ4v) is 5.02. The fraction of sp³-hybridized carbons (Fsp3) is 0.391. The van der Waals surface area contributed by atoms with Crippen molar-refractivity contribution in [1.82, 2.24) is 4.98 Å². The van der Waals surface area contributed by atoms with Crippen molar-refractivity contribution in [3.63, 3.8) is 0 Å². The highest BCUT2D eigenvalue weighted by Gasteiger charge is 2.28. The van der Waals surface area contributed by atoms with Gasteiger partial charge in [-0.2, -0.15) is 0 Å². The first-order valence-electron chi connectivity index (χ1n) is 10.3. The third-order valence-electron chi connectivity index (χ3n) is 5.53. The Hall–Kier alpha value is -3.00. The van der Waals surface area contributed by atoms with E-state index in [1.54, 1.807) is 44.8 Å². The van der Waals surface area contributed by atoms with Crippen LogP contribution in [0, 0.1) is 12.8 Å². The average Bonchev–Trinajstić information content (AvgIpc) is 3.21. The number of nitrogens with one attached hydrogen (secondary N) is 1. The molecule has 1 unspecified atom stereocenters. The van der Waals surface area contributed by atoms with Gasteiger partial charge in [0, 0.05) is 30.9 Å². The highest BCUT2D eigenvalue weighted by molar-refractivity contribution is 7.22. The van der Waals surface area contributed by atoms with Crippen molar-refractivity contribution >= 4 is 38.3 Å². The molecule has 8 heteroatoms. The summed E-state index contributed by atoms with van der Waals surface area (Å²) >= 11 is 1.69. The van der Waals surface area contributed by atoms with Crippen molar-refractivity contribution in [1.29, 1.82) is 0 Å². The third kappa shape index (κ3) is 4.39. The number of fused-ring (bicyclic) bond motifs is 1. The number of methoxy groups -OCH3 is 3. The largest absolute Gasteiger partial charge is 0.493 e. The van der Waals surface area contributed by atoms with E-state index in [0.717, 1.165) is 30.0 Å². The lowest BCUT2D eigenvalue weighted by molar-refractivity contribution is -0.120. The van der Waals surface area contributed by atoms with Gasteiger partial charge >= 0.3 is 0 Å². The molecule has 164 valence electrons. The number of aryl methyl sites for hydroxylation is 1. The first kappa shape index (κ1) is 21.2. The van der Waals surface area contributed by atoms with Crippen LogP contribution in [-0.4, -0.2) is 45.3 Å². The van der Waals surface area contributed by atoms with Gasteiger partial charge in [0.2, 0.25) is 11.7 Å². The normalized spacial score (nSPS) is 16.3. The van der Waals surface area contributed by atoms with Gasteiger partial charge in [0.25, 0.3) is 0 Å². The molecule has 1 atom stereocenters. The molecule has 0 bridgehead atoms. The fourth-order valence-electron chi connectivity index (χ4n) is 3.92. The molecule has 1 amide bonds. The highest BCUT2D eigenvalue weighted by Crippen LogP contribution is 2.40. The van der Waals surface area contributed by atoms with Gasteiger partial charge in [-0.3, -0.25) is 4.79 Å². The minimum absolute atomic E-state index is 0.0177. The molecule has 1 aromatic heterocycles. The van der Waals surface area contributed by atoms with Crippen molar-refractivity contribution in [2.24, 2.45) is 5.92 Å². The number of hydrogen-bond acceptors (Lipinski definition) is 7. The molecule has 0 aliphatic carbocycles. The summed E-state index contributed by atoms with van der Waals surface area (Å²) in [5.41, 5.74) is 2.85. The molecule has 2 heterocycles. The molecule has 0 radical (unpaired) electrons. The van der Waals surface area contributed by atoms with Crippen LogP contribution in [0.15, 0.2) is 30.3 Å². The Morgan fingerprint density at radius 3 is 2.55 bits per heavy atom. The summed E-state index contributed by atoms with van der Waals surface area (Å²) < 4.78 is 17.3. The van der Waals surface area contributed by atoms with E-state index in [1.165, 1.54) is 10.3 Å². The van der Waals surface area contributed by atoms with Crippen LogP contribution < -0.4 is 24.4 Å². The van der Waals surface area contributed by atoms with Crippen LogP contribution in [0.3, 0.4) is 0 Å². The SMILES string of the molecule is COc1cc(NC(=O)C2CCCN(c3nc4ccc(C)cc4s3)C2)cc(OC)c1OC. The van der Waals surface area contributed by atoms with Crippen LogP contribution in [0.5, 0.6) is 17.2 Å². The van der Waals surface area contributed by atoms with E-state index < -0.39 is 0 Å². The van der Waals surface area contributed by atoms with E-state index in [9.17, 15) is 4.79 Å². The molecule has 7 nitrogen and oxygen atoms in total. The zero-order valence-electron chi connectivity index (χ0n) is 18.2. The summed E-state index contributed by atoms with van der Waals surface area (Å²) in [4.78, 5) is 20.1. The Kier molecular flexibility index (Phi) is 6.18. The summed E-state index contributed by atoms with van der Waals surface area (Å²) in [5.74, 6) is 1.37. The predicted octanol–water partition coefficient (Wildman–Crippen LogP) is 4.49. The molecule has 3 aromatic rings. The molecule has 1 aliphatic rings. The highest BCUT2D eigenvalue weighted by atomic mass is 32.1. The first-order chi connectivity index (χ1) is 15.0. The first-order valence-corrected chi connectivity index (χ1v) is 11.1. The van der Waals surface area contributed by atoms with Crippen LogP contribution in [0.4, 0.5) is 10.8 Å². The number of carbonyl (C=O) groups is 1. The summed E-state index contributed by atoms with van der Waals surface area (Å²) in [7, 11) is 4.67. The third-order valence-corrected chi connectivity index (χ3v) is 6.61. The zero-order valence-corrected chi connectivity index (χ0v) is 19.0. The molecule has 1 N–H and O–H groups in total. The summed E-state index contributed by atoms with van der Waals surface area (Å²) in [6.45, 7) is 3.64. The molecule has 1 fully saturated rings. The average molecular weight is 442 g/mol. The smallest absolute Gasteiger partial charge is 0.229 e. The van der Waals surface area contributed by atoms with E-state index in [-0.39, 0.29) is 11.8 Å². The minimum atomic E-state index is -0.124. The van der Waals surface area contributed by atoms with E-state index in [1.807, 2.05) is 0 Å². The van der Waals surface area contributed by atoms with Crippen LogP contribution in [0.1, 0.15) is 18.4 Å². The van der Waals surface area contributed by atoms with E-state index >= 15 is 0 Å². The number of hydrogen-bond donors (Lipinski definition) is 1. The molecule has 1 aliphatic heterocycles. The number of amides is 1. The van der Waals surface area contributed by atoms with Gasteiger partial charge in [-0.05, 0) is 37.5 Å². The number of piperidine rings is 1. The van der Waals surface area contributed by atoms with Crippen molar-refractivity contribution < 1.29 is 19.0 Å². The predicted molar refractivity (Wildman–Crippen MR) is 124 cm³/mol. The number of aromatic nitrogens is 1. The molecule has 2 aromatic carbocycles. The summed E-state index contributed by atoms with van der Waals surface area (Å²) in [6.07, 6.45) is 1.79. The number of carbonyl (C=O) groups excluding carboxylic acids is 1. The second-order valence-electron chi connectivity index (χ2n) is 7.66. The number of nitrogens with zero attached hydrogens (tertiary/aromatic N) is 2. The van der Waals surface area contributed by atoms with E-state index in [0.29, 0.717) is 29.5 Å². The Morgan fingerprint density at radius 1 is 1.13 bits per heavy atom. The monoisotopic (exact) mass is 441 g/mol. The van der Waals surface area contributed by atoms with Crippen LogP contribution in [0.2, 0.25) is 0 Å². The minimum Gasteiger partial charge on any atom is -0.493 e. The summed E-state index contributed by atoms with van der Waals surface area (Å²) in [6, 6.07) is 9.79. The zero-order chi connectivity index (χ0) is 22.0. The maximum Gasteiger partial charge on any atom is 0.229 e. The van der Waals surface area contributed by atoms with Gasteiger partial charge in [0.05, 0.1) is 37.5 Å². The quantitative estimate of drug-likeness (QED) is 0.608. The number of rotatable bonds is 6. The van der Waals surface area contributed by atoms with Crippen molar-refractivity contribution in [2.75, 3.05) is 44.6 Å². The molecule has 0 spiro atoms. The van der Waals surface area contributed by atoms with Gasteiger partial charge in [0.1, 0.15) is 0 Å². The molecular formula is C23H27N3O4S. The Bertz CT molecular complexity index is 1070. The van der Waals surface area contributed by atoms with Crippen molar-refractivity contribution in [2.45, 2.75) is 19.8 Å². The van der Waals surface area contributed by atoms with Gasteiger partial charge in [-0.15, -0.1) is 0 Å². The maximum absolute atomic E-state index is 13.0. The molecule has 31 heavy (non-hydrogen) atoms. The standard InChI is InChI=1S/C23H27N3O4S/c1-14-7-8-17-20(10-14)31-23(25-17)26-9-5-6-15(13-26)22(27)24-16-11-18(28-2)21(30-4)19(12-16)29-3/h7-8,10-12,15H,5-6,9,13H2,1-4H3,(H,24,27). The van der Waals surface area contributed by atoms with Gasteiger partial charge in [-0.25, -0.2) is 4.98 Å². The number of ether oxygens (including phenoxy) is 3. The summed E-state index contributed by atoms with van der Waals surface area (Å²) in [5, 5.41) is 4.00. The molecule has 0 saturated carbocycles. The van der Waals surface area contributed by atoms with Gasteiger partial charge in [0.15, 0.2) is 16.6 Å². The lowest BCUT2D eigenvalue weighted by atomic mass is 9.97. The second kappa shape index (κ2) is 9.01. The second-order valence-corrected chi connectivity index (χ2v) is 8.67. The number of benzene rings is 2. The van der Waals surface area contributed by atoms with E-state index in [4.69, 9.17) is 19.2 Å². The Balaban J connectivity index is 1.50. The van der Waals surface area contributed by atoms with Gasteiger partial charge < -0.3 is 24.4 Å². The van der Waals surface area contributed by atoms with Crippen LogP contribution in [0.25, 0.3) is 10.2 Å². The van der Waals surface area contributed by atoms with Gasteiger partial charge in [-0.1, -0.05) is 17.4 Å². The van der Waals surface area contributed by atoms with Crippen LogP contribution in [-0.2, 0) is 4.79 Å². The molecule has 4 rings (SSSR count). The van der Waals surface area contributed by atoms with Crippen molar-refractivity contribution in [3.05, 3.63) is 35.9 Å². The Morgan fingerprint density at radius 2 is 1.87 bits per heavy atom. The number of anilines is 2. The van der Waals surface area contributed by atoms with E-state index in [2.05, 4.69) is 35.3 Å². The van der Waals surface area contributed by atoms with Crippen molar-refractivity contribution in [3.8, 4) is 17.2 Å². The number of thiazole rings is 1. The lowest BCUT2D eigenvalue weighted by Gasteiger charge is -2.31.